The van der Waals surface area contributed by atoms with Crippen molar-refractivity contribution in [3.8, 4) is 0 Å². The van der Waals surface area contributed by atoms with E-state index in [0.29, 0.717) is 11.3 Å². The number of anilines is 3. The molecule has 2 amide bonds. The summed E-state index contributed by atoms with van der Waals surface area (Å²) >= 11 is 0. The molecule has 3 aromatic carbocycles. The van der Waals surface area contributed by atoms with Gasteiger partial charge in [-0.05, 0) is 48.5 Å². The van der Waals surface area contributed by atoms with E-state index in [1.54, 1.807) is 24.3 Å². The van der Waals surface area contributed by atoms with Crippen LogP contribution in [0.2, 0.25) is 0 Å². The lowest BCUT2D eigenvalue weighted by Crippen LogP contribution is -2.21. The number of amides is 2. The van der Waals surface area contributed by atoms with Gasteiger partial charge in [0.1, 0.15) is 0 Å². The largest absolute Gasteiger partial charge is 0.376 e. The maximum absolute atomic E-state index is 12.2. The molecular formula is C21H20ClN3O2. The van der Waals surface area contributed by atoms with Crippen LogP contribution < -0.4 is 16.0 Å². The second-order valence-electron chi connectivity index (χ2n) is 5.67. The highest BCUT2D eigenvalue weighted by Crippen LogP contribution is 2.13. The number of rotatable bonds is 6. The number of benzene rings is 3. The zero-order valence-corrected chi connectivity index (χ0v) is 15.3. The van der Waals surface area contributed by atoms with Crippen molar-refractivity contribution in [3.63, 3.8) is 0 Å². The van der Waals surface area contributed by atoms with Gasteiger partial charge in [0.05, 0.1) is 6.54 Å². The van der Waals surface area contributed by atoms with Gasteiger partial charge in [-0.25, -0.2) is 0 Å². The highest BCUT2D eigenvalue weighted by Gasteiger charge is 2.07. The molecule has 138 valence electrons. The van der Waals surface area contributed by atoms with Crippen molar-refractivity contribution in [2.24, 2.45) is 0 Å². The molecule has 6 heteroatoms. The van der Waals surface area contributed by atoms with Gasteiger partial charge in [-0.3, -0.25) is 9.59 Å². The standard InChI is InChI=1S/C21H19N3O2.ClH/c25-20(15-22-17-7-3-1-4-8-17)23-19-13-11-16(12-14-19)21(26)24-18-9-5-2-6-10-18;/h1-14,22H,15H2,(H,23,25)(H,24,26);1H. The lowest BCUT2D eigenvalue weighted by molar-refractivity contribution is -0.114. The number of hydrogen-bond donors (Lipinski definition) is 3. The predicted octanol–water partition coefficient (Wildman–Crippen LogP) is 4.41. The highest BCUT2D eigenvalue weighted by molar-refractivity contribution is 6.04. The third kappa shape index (κ3) is 6.17. The molecule has 0 saturated carbocycles. The van der Waals surface area contributed by atoms with Gasteiger partial charge in [0.25, 0.3) is 5.91 Å². The molecule has 0 aliphatic heterocycles. The molecule has 0 aliphatic rings. The van der Waals surface area contributed by atoms with Gasteiger partial charge < -0.3 is 16.0 Å². The summed E-state index contributed by atoms with van der Waals surface area (Å²) in [5.74, 6) is -0.352. The molecule has 0 bridgehead atoms. The second-order valence-corrected chi connectivity index (χ2v) is 5.67. The van der Waals surface area contributed by atoms with Crippen molar-refractivity contribution in [1.82, 2.24) is 0 Å². The van der Waals surface area contributed by atoms with E-state index in [9.17, 15) is 9.59 Å². The number of hydrogen-bond acceptors (Lipinski definition) is 3. The van der Waals surface area contributed by atoms with Crippen molar-refractivity contribution in [2.75, 3.05) is 22.5 Å². The van der Waals surface area contributed by atoms with E-state index in [2.05, 4.69) is 16.0 Å². The van der Waals surface area contributed by atoms with E-state index in [1.165, 1.54) is 0 Å². The molecule has 5 nitrogen and oxygen atoms in total. The van der Waals surface area contributed by atoms with Crippen LogP contribution in [0.5, 0.6) is 0 Å². The Balaban J connectivity index is 0.00000261. The van der Waals surface area contributed by atoms with Crippen molar-refractivity contribution >= 4 is 41.3 Å². The Bertz CT molecular complexity index is 869. The summed E-state index contributed by atoms with van der Waals surface area (Å²) in [6.07, 6.45) is 0. The molecule has 0 saturated heterocycles. The Morgan fingerprint density at radius 1 is 0.630 bits per heavy atom. The Morgan fingerprint density at radius 3 is 1.74 bits per heavy atom. The third-order valence-corrected chi connectivity index (χ3v) is 3.69. The summed E-state index contributed by atoms with van der Waals surface area (Å²) in [5.41, 5.74) is 2.79. The van der Waals surface area contributed by atoms with E-state index in [-0.39, 0.29) is 30.8 Å². The minimum absolute atomic E-state index is 0. The second kappa shape index (κ2) is 9.99. The van der Waals surface area contributed by atoms with Gasteiger partial charge in [-0.2, -0.15) is 0 Å². The molecule has 0 aromatic heterocycles. The average molecular weight is 382 g/mol. The predicted molar refractivity (Wildman–Crippen MR) is 112 cm³/mol. The summed E-state index contributed by atoms with van der Waals surface area (Å²) < 4.78 is 0. The molecule has 0 heterocycles. The molecule has 0 radical (unpaired) electrons. The first-order valence-corrected chi connectivity index (χ1v) is 8.26. The maximum atomic E-state index is 12.2. The average Bonchev–Trinajstić information content (AvgIpc) is 2.68. The quantitative estimate of drug-likeness (QED) is 0.592. The van der Waals surface area contributed by atoms with Crippen molar-refractivity contribution in [2.45, 2.75) is 0 Å². The van der Waals surface area contributed by atoms with Crippen LogP contribution in [0.25, 0.3) is 0 Å². The molecule has 0 aliphatic carbocycles. The number of carbonyl (C=O) groups excluding carboxylic acids is 2. The Labute approximate surface area is 164 Å². The first-order valence-electron chi connectivity index (χ1n) is 8.26. The summed E-state index contributed by atoms with van der Waals surface area (Å²) in [6.45, 7) is 0.167. The fraction of sp³-hybridized carbons (Fsp3) is 0.0476. The summed E-state index contributed by atoms with van der Waals surface area (Å²) in [6, 6.07) is 25.5. The van der Waals surface area contributed by atoms with Crippen LogP contribution in [0.3, 0.4) is 0 Å². The lowest BCUT2D eigenvalue weighted by atomic mass is 10.2. The van der Waals surface area contributed by atoms with Gasteiger partial charge in [0.15, 0.2) is 0 Å². The van der Waals surface area contributed by atoms with E-state index in [0.717, 1.165) is 11.4 Å². The number of para-hydroxylation sites is 2. The number of nitrogens with one attached hydrogen (secondary N) is 3. The fourth-order valence-corrected chi connectivity index (χ4v) is 2.37. The van der Waals surface area contributed by atoms with Crippen LogP contribution in [0, 0.1) is 0 Å². The van der Waals surface area contributed by atoms with Gasteiger partial charge in [0.2, 0.25) is 5.91 Å². The van der Waals surface area contributed by atoms with Gasteiger partial charge in [-0.1, -0.05) is 36.4 Å². The fourth-order valence-electron chi connectivity index (χ4n) is 2.37. The number of halogens is 1. The molecule has 0 unspecified atom stereocenters. The number of carbonyl (C=O) groups is 2. The summed E-state index contributed by atoms with van der Waals surface area (Å²) in [7, 11) is 0. The van der Waals surface area contributed by atoms with Crippen LogP contribution in [-0.2, 0) is 4.79 Å². The molecule has 0 fully saturated rings. The van der Waals surface area contributed by atoms with Gasteiger partial charge >= 0.3 is 0 Å². The van der Waals surface area contributed by atoms with Gasteiger partial charge in [0, 0.05) is 22.6 Å². The van der Waals surface area contributed by atoms with Crippen molar-refractivity contribution < 1.29 is 9.59 Å². The Hall–Kier alpha value is -3.31. The summed E-state index contributed by atoms with van der Waals surface area (Å²) in [5, 5.41) is 8.66. The van der Waals surface area contributed by atoms with E-state index < -0.39 is 0 Å². The van der Waals surface area contributed by atoms with Crippen LogP contribution >= 0.6 is 12.4 Å². The molecule has 0 atom stereocenters. The van der Waals surface area contributed by atoms with Crippen LogP contribution in [0.1, 0.15) is 10.4 Å². The third-order valence-electron chi connectivity index (χ3n) is 3.69. The molecule has 27 heavy (non-hydrogen) atoms. The smallest absolute Gasteiger partial charge is 0.255 e. The molecule has 3 aromatic rings. The SMILES string of the molecule is Cl.O=C(CNc1ccccc1)Nc1ccc(C(=O)Nc2ccccc2)cc1. The first kappa shape index (κ1) is 20.0. The van der Waals surface area contributed by atoms with E-state index in [1.807, 2.05) is 60.7 Å². The zero-order chi connectivity index (χ0) is 18.2. The van der Waals surface area contributed by atoms with Crippen LogP contribution in [0.4, 0.5) is 17.1 Å². The minimum atomic E-state index is -0.195. The van der Waals surface area contributed by atoms with Crippen LogP contribution in [-0.4, -0.2) is 18.4 Å². The van der Waals surface area contributed by atoms with Crippen LogP contribution in [0.15, 0.2) is 84.9 Å². The Morgan fingerprint density at radius 2 is 1.15 bits per heavy atom. The molecule has 3 N–H and O–H groups in total. The summed E-state index contributed by atoms with van der Waals surface area (Å²) in [4.78, 5) is 24.2. The van der Waals surface area contributed by atoms with E-state index >= 15 is 0 Å². The van der Waals surface area contributed by atoms with Gasteiger partial charge in [-0.15, -0.1) is 12.4 Å². The van der Waals surface area contributed by atoms with Crippen molar-refractivity contribution in [1.29, 1.82) is 0 Å². The van der Waals surface area contributed by atoms with E-state index in [4.69, 9.17) is 0 Å². The normalized spacial score (nSPS) is 9.63. The lowest BCUT2D eigenvalue weighted by Gasteiger charge is -2.09. The minimum Gasteiger partial charge on any atom is -0.376 e. The monoisotopic (exact) mass is 381 g/mol. The van der Waals surface area contributed by atoms with Crippen molar-refractivity contribution in [3.05, 3.63) is 90.5 Å². The topological polar surface area (TPSA) is 70.2 Å². The molecule has 0 spiro atoms. The Kier molecular flexibility index (Phi) is 7.40. The molecule has 3 rings (SSSR count). The first-order chi connectivity index (χ1) is 12.7. The maximum Gasteiger partial charge on any atom is 0.255 e. The highest BCUT2D eigenvalue weighted by atomic mass is 35.5. The zero-order valence-electron chi connectivity index (χ0n) is 14.5. The molecular weight excluding hydrogens is 362 g/mol.